The minimum Gasteiger partial charge on any atom is -0.345 e. The molecule has 1 aromatic heterocycles. The Hall–Kier alpha value is -1.85. The van der Waals surface area contributed by atoms with Gasteiger partial charge in [-0.3, -0.25) is 0 Å². The zero-order valence-corrected chi connectivity index (χ0v) is 18.7. The van der Waals surface area contributed by atoms with E-state index in [2.05, 4.69) is 51.7 Å². The van der Waals surface area contributed by atoms with E-state index in [1.165, 1.54) is 11.1 Å². The number of imidazole rings is 1. The van der Waals surface area contributed by atoms with Crippen LogP contribution < -0.4 is 11.1 Å². The lowest BCUT2D eigenvalue weighted by Gasteiger charge is -2.40. The summed E-state index contributed by atoms with van der Waals surface area (Å²) in [7, 11) is 0. The van der Waals surface area contributed by atoms with Gasteiger partial charge in [0.05, 0.1) is 0 Å². The smallest absolute Gasteiger partial charge is 0.110 e. The molecule has 0 spiro atoms. The molecule has 0 bridgehead atoms. The summed E-state index contributed by atoms with van der Waals surface area (Å²) >= 11 is 6.22. The Morgan fingerprint density at radius 3 is 2.57 bits per heavy atom. The van der Waals surface area contributed by atoms with E-state index < -0.39 is 0 Å². The number of nitrogens with one attached hydrogen (secondary N) is 2. The topological polar surface area (TPSA) is 66.7 Å². The van der Waals surface area contributed by atoms with Crippen LogP contribution in [-0.2, 0) is 18.4 Å². The molecule has 30 heavy (non-hydrogen) atoms. The van der Waals surface area contributed by atoms with Crippen molar-refractivity contribution in [2.24, 2.45) is 5.73 Å². The highest BCUT2D eigenvalue weighted by atomic mass is 35.5. The molecular weight excluding hydrogens is 415 g/mol. The number of nitrogens with two attached hydrogens (primary N) is 1. The fourth-order valence-electron chi connectivity index (χ4n) is 4.43. The molecule has 3 aromatic rings. The Morgan fingerprint density at radius 1 is 1.10 bits per heavy atom. The van der Waals surface area contributed by atoms with Gasteiger partial charge in [-0.1, -0.05) is 54.1 Å². The van der Waals surface area contributed by atoms with E-state index in [0.29, 0.717) is 12.6 Å². The van der Waals surface area contributed by atoms with E-state index in [0.717, 1.165) is 55.2 Å². The lowest BCUT2D eigenvalue weighted by molar-refractivity contribution is 0.250. The van der Waals surface area contributed by atoms with Crippen molar-refractivity contribution in [1.29, 1.82) is 0 Å². The van der Waals surface area contributed by atoms with Crippen molar-refractivity contribution in [3.63, 3.8) is 0 Å². The third-order valence-electron chi connectivity index (χ3n) is 6.25. The molecule has 1 aliphatic rings. The predicted octanol–water partition coefficient (Wildman–Crippen LogP) is 5.00. The van der Waals surface area contributed by atoms with Crippen LogP contribution in [0.4, 0.5) is 0 Å². The van der Waals surface area contributed by atoms with Gasteiger partial charge in [-0.25, -0.2) is 4.98 Å². The molecule has 1 heterocycles. The van der Waals surface area contributed by atoms with Crippen LogP contribution in [0.1, 0.15) is 48.3 Å². The van der Waals surface area contributed by atoms with Crippen molar-refractivity contribution in [3.05, 3.63) is 88.5 Å². The second kappa shape index (κ2) is 10.5. The molecule has 1 saturated carbocycles. The van der Waals surface area contributed by atoms with Crippen molar-refractivity contribution in [3.8, 4) is 0 Å². The summed E-state index contributed by atoms with van der Waals surface area (Å²) in [5.74, 6) is 1.01. The predicted molar refractivity (Wildman–Crippen MR) is 126 cm³/mol. The maximum Gasteiger partial charge on any atom is 0.110 e. The zero-order chi connectivity index (χ0) is 20.1. The maximum absolute atomic E-state index is 6.22. The number of benzene rings is 2. The number of aromatic amines is 1. The Kier molecular flexibility index (Phi) is 7.95. The van der Waals surface area contributed by atoms with E-state index in [9.17, 15) is 0 Å². The highest BCUT2D eigenvalue weighted by molar-refractivity contribution is 6.30. The molecule has 0 unspecified atom stereocenters. The number of hydrogen-bond donors (Lipinski definition) is 3. The standard InChI is InChI=1S/C24H29ClN4.ClH/c25-20-8-4-7-19(14-20)24(17-26)11-9-21(10-12-24)27-15-22-16-28-23(29-22)13-18-5-2-1-3-6-18;/h1-8,14,16,21,27H,9-13,15,17,26H2,(H,28,29);1H/t21-,24+;. The molecule has 4 nitrogen and oxygen atoms in total. The lowest BCUT2D eigenvalue weighted by atomic mass is 9.68. The summed E-state index contributed by atoms with van der Waals surface area (Å²) in [4.78, 5) is 7.99. The third-order valence-corrected chi connectivity index (χ3v) is 6.48. The molecule has 4 N–H and O–H groups in total. The van der Waals surface area contributed by atoms with Crippen molar-refractivity contribution in [2.75, 3.05) is 6.54 Å². The Bertz CT molecular complexity index is 918. The first kappa shape index (κ1) is 22.8. The number of aromatic nitrogens is 2. The summed E-state index contributed by atoms with van der Waals surface area (Å²) in [6.45, 7) is 1.49. The molecule has 6 heteroatoms. The normalized spacial score (nSPS) is 21.2. The van der Waals surface area contributed by atoms with E-state index in [1.54, 1.807) is 0 Å². The van der Waals surface area contributed by atoms with E-state index >= 15 is 0 Å². The maximum atomic E-state index is 6.22. The molecule has 0 aliphatic heterocycles. The molecule has 4 rings (SSSR count). The Morgan fingerprint density at radius 2 is 1.87 bits per heavy atom. The van der Waals surface area contributed by atoms with Crippen molar-refractivity contribution < 1.29 is 0 Å². The SMILES string of the molecule is Cl.NC[C@]1(c2cccc(Cl)c2)CC[C@@H](NCc2cnc(Cc3ccccc3)[nH]2)CC1. The largest absolute Gasteiger partial charge is 0.345 e. The molecule has 160 valence electrons. The first-order valence-electron chi connectivity index (χ1n) is 10.4. The molecule has 0 saturated heterocycles. The van der Waals surface area contributed by atoms with Crippen LogP contribution in [0.25, 0.3) is 0 Å². The van der Waals surface area contributed by atoms with E-state index in [-0.39, 0.29) is 17.8 Å². The molecule has 0 radical (unpaired) electrons. The van der Waals surface area contributed by atoms with Crippen molar-refractivity contribution in [1.82, 2.24) is 15.3 Å². The average Bonchev–Trinajstić information content (AvgIpc) is 3.21. The lowest BCUT2D eigenvalue weighted by Crippen LogP contribution is -2.43. The molecule has 1 fully saturated rings. The van der Waals surface area contributed by atoms with Crippen LogP contribution in [0.5, 0.6) is 0 Å². The van der Waals surface area contributed by atoms with Crippen molar-refractivity contribution >= 4 is 24.0 Å². The fraction of sp³-hybridized carbons (Fsp3) is 0.375. The average molecular weight is 445 g/mol. The van der Waals surface area contributed by atoms with Gasteiger partial charge in [0, 0.05) is 47.9 Å². The molecular formula is C24H30Cl2N4. The first-order valence-corrected chi connectivity index (χ1v) is 10.8. The van der Waals surface area contributed by atoms with Crippen LogP contribution >= 0.6 is 24.0 Å². The van der Waals surface area contributed by atoms with Crippen LogP contribution in [0.3, 0.4) is 0 Å². The van der Waals surface area contributed by atoms with Gasteiger partial charge in [0.15, 0.2) is 0 Å². The molecule has 2 aromatic carbocycles. The number of rotatable bonds is 7. The monoisotopic (exact) mass is 444 g/mol. The van der Waals surface area contributed by atoms with Gasteiger partial charge in [0.1, 0.15) is 5.82 Å². The summed E-state index contributed by atoms with van der Waals surface area (Å²) in [5.41, 5.74) is 9.97. The summed E-state index contributed by atoms with van der Waals surface area (Å²) in [6.07, 6.45) is 7.20. The first-order chi connectivity index (χ1) is 14.2. The third kappa shape index (κ3) is 5.44. The quantitative estimate of drug-likeness (QED) is 0.479. The summed E-state index contributed by atoms with van der Waals surface area (Å²) in [6, 6.07) is 19.2. The number of H-pyrrole nitrogens is 1. The van der Waals surface area contributed by atoms with Gasteiger partial charge in [-0.15, -0.1) is 12.4 Å². The number of halogens is 2. The van der Waals surface area contributed by atoms with Crippen LogP contribution in [-0.4, -0.2) is 22.6 Å². The Labute approximate surface area is 190 Å². The van der Waals surface area contributed by atoms with Gasteiger partial charge >= 0.3 is 0 Å². The van der Waals surface area contributed by atoms with E-state index in [1.807, 2.05) is 24.4 Å². The molecule has 1 aliphatic carbocycles. The number of hydrogen-bond acceptors (Lipinski definition) is 3. The van der Waals surface area contributed by atoms with Crippen molar-refractivity contribution in [2.45, 2.75) is 50.1 Å². The van der Waals surface area contributed by atoms with Gasteiger partial charge < -0.3 is 16.0 Å². The van der Waals surface area contributed by atoms with E-state index in [4.69, 9.17) is 17.3 Å². The van der Waals surface area contributed by atoms with Crippen LogP contribution in [0.2, 0.25) is 5.02 Å². The Balaban J connectivity index is 0.00000256. The fourth-order valence-corrected chi connectivity index (χ4v) is 4.62. The second-order valence-electron chi connectivity index (χ2n) is 8.17. The summed E-state index contributed by atoms with van der Waals surface area (Å²) < 4.78 is 0. The van der Waals surface area contributed by atoms with Gasteiger partial charge in [-0.05, 0) is 48.9 Å². The molecule has 0 amide bonds. The van der Waals surface area contributed by atoms with Crippen LogP contribution in [0.15, 0.2) is 60.8 Å². The summed E-state index contributed by atoms with van der Waals surface area (Å²) in [5, 5.41) is 4.49. The van der Waals surface area contributed by atoms with Gasteiger partial charge in [0.25, 0.3) is 0 Å². The van der Waals surface area contributed by atoms with Gasteiger partial charge in [-0.2, -0.15) is 0 Å². The zero-order valence-electron chi connectivity index (χ0n) is 17.1. The highest BCUT2D eigenvalue weighted by Crippen LogP contribution is 2.39. The minimum absolute atomic E-state index is 0. The second-order valence-corrected chi connectivity index (χ2v) is 8.60. The minimum atomic E-state index is 0. The van der Waals surface area contributed by atoms with Crippen LogP contribution in [0, 0.1) is 0 Å². The highest BCUT2D eigenvalue weighted by Gasteiger charge is 2.35. The van der Waals surface area contributed by atoms with Gasteiger partial charge in [0.2, 0.25) is 0 Å². The number of nitrogens with zero attached hydrogens (tertiary/aromatic N) is 1. The molecule has 0 atom stereocenters.